The van der Waals surface area contributed by atoms with Crippen molar-refractivity contribution in [3.63, 3.8) is 0 Å². The summed E-state index contributed by atoms with van der Waals surface area (Å²) in [7, 11) is 0. The molecule has 2 heterocycles. The van der Waals surface area contributed by atoms with Gasteiger partial charge in [0, 0.05) is 6.42 Å². The molecule has 4 aromatic rings. The number of thiazole rings is 1. The first-order valence-electron chi connectivity index (χ1n) is 10.8. The largest absolute Gasteiger partial charge is 0.456 e. The summed E-state index contributed by atoms with van der Waals surface area (Å²) < 4.78 is 8.09. The van der Waals surface area contributed by atoms with Gasteiger partial charge in [0.05, 0.1) is 38.0 Å². The standard InChI is InChI=1S/C25H26N4O3S/c1-16-11-13-19(14-12-16)29-18(3)25(17(2)28-29)27-22(30)15-32-24(31)10-6-9-23-26-20-7-4-5-8-21(20)33-23/h4-5,7-8,11-14H,6,9-10,15H2,1-3H3,(H,27,30). The summed E-state index contributed by atoms with van der Waals surface area (Å²) in [5, 5.41) is 8.36. The van der Waals surface area contributed by atoms with Crippen molar-refractivity contribution in [2.24, 2.45) is 0 Å². The van der Waals surface area contributed by atoms with E-state index in [0.717, 1.165) is 32.2 Å². The van der Waals surface area contributed by atoms with Crippen LogP contribution in [0.2, 0.25) is 0 Å². The number of aromatic nitrogens is 3. The number of esters is 1. The molecule has 0 spiro atoms. The van der Waals surface area contributed by atoms with E-state index < -0.39 is 5.97 Å². The van der Waals surface area contributed by atoms with Crippen molar-refractivity contribution in [2.75, 3.05) is 11.9 Å². The Morgan fingerprint density at radius 3 is 2.58 bits per heavy atom. The van der Waals surface area contributed by atoms with Gasteiger partial charge in [-0.2, -0.15) is 5.10 Å². The van der Waals surface area contributed by atoms with E-state index in [2.05, 4.69) is 15.4 Å². The lowest BCUT2D eigenvalue weighted by Crippen LogP contribution is -2.21. The molecule has 1 N–H and O–H groups in total. The molecule has 7 nitrogen and oxygen atoms in total. The Morgan fingerprint density at radius 1 is 1.06 bits per heavy atom. The van der Waals surface area contributed by atoms with Crippen molar-refractivity contribution >= 4 is 39.1 Å². The fraction of sp³-hybridized carbons (Fsp3) is 0.280. The maximum atomic E-state index is 12.4. The fourth-order valence-corrected chi connectivity index (χ4v) is 4.57. The molecule has 0 atom stereocenters. The van der Waals surface area contributed by atoms with Crippen LogP contribution in [-0.2, 0) is 20.7 Å². The van der Waals surface area contributed by atoms with Gasteiger partial charge in [-0.3, -0.25) is 9.59 Å². The summed E-state index contributed by atoms with van der Waals surface area (Å²) in [6, 6.07) is 16.0. The Hall–Kier alpha value is -3.52. The van der Waals surface area contributed by atoms with Crippen LogP contribution in [0.1, 0.15) is 34.8 Å². The Morgan fingerprint density at radius 2 is 1.82 bits per heavy atom. The summed E-state index contributed by atoms with van der Waals surface area (Å²) >= 11 is 1.64. The van der Waals surface area contributed by atoms with E-state index in [1.165, 1.54) is 0 Å². The summed E-state index contributed by atoms with van der Waals surface area (Å²) in [5.74, 6) is -0.778. The van der Waals surface area contributed by atoms with Crippen molar-refractivity contribution in [3.05, 3.63) is 70.5 Å². The zero-order valence-corrected chi connectivity index (χ0v) is 19.7. The van der Waals surface area contributed by atoms with Gasteiger partial charge in [-0.1, -0.05) is 29.8 Å². The molecule has 33 heavy (non-hydrogen) atoms. The molecule has 0 fully saturated rings. The third-order valence-corrected chi connectivity index (χ3v) is 6.40. The van der Waals surface area contributed by atoms with E-state index in [-0.39, 0.29) is 18.9 Å². The number of benzene rings is 2. The highest BCUT2D eigenvalue weighted by Crippen LogP contribution is 2.24. The van der Waals surface area contributed by atoms with E-state index in [1.807, 2.05) is 69.3 Å². The third-order valence-electron chi connectivity index (χ3n) is 5.31. The molecular formula is C25H26N4O3S. The number of aryl methyl sites for hydroxylation is 3. The lowest BCUT2D eigenvalue weighted by Gasteiger charge is -2.08. The van der Waals surface area contributed by atoms with Gasteiger partial charge in [0.2, 0.25) is 0 Å². The topological polar surface area (TPSA) is 86.1 Å². The van der Waals surface area contributed by atoms with Crippen LogP contribution in [0.5, 0.6) is 0 Å². The molecule has 0 radical (unpaired) electrons. The van der Waals surface area contributed by atoms with E-state index in [1.54, 1.807) is 16.0 Å². The number of para-hydroxylation sites is 1. The van der Waals surface area contributed by atoms with Gasteiger partial charge in [-0.15, -0.1) is 11.3 Å². The maximum Gasteiger partial charge on any atom is 0.306 e. The fourth-order valence-electron chi connectivity index (χ4n) is 3.57. The van der Waals surface area contributed by atoms with Crippen molar-refractivity contribution < 1.29 is 14.3 Å². The Kier molecular flexibility index (Phi) is 6.84. The van der Waals surface area contributed by atoms with Crippen LogP contribution in [-0.4, -0.2) is 33.2 Å². The average molecular weight is 463 g/mol. The maximum absolute atomic E-state index is 12.4. The van der Waals surface area contributed by atoms with Gasteiger partial charge in [-0.25, -0.2) is 9.67 Å². The molecule has 2 aromatic heterocycles. The molecule has 1 amide bonds. The number of amides is 1. The smallest absolute Gasteiger partial charge is 0.306 e. The molecule has 0 saturated carbocycles. The highest BCUT2D eigenvalue weighted by Gasteiger charge is 2.16. The van der Waals surface area contributed by atoms with Crippen molar-refractivity contribution in [1.29, 1.82) is 0 Å². The SMILES string of the molecule is Cc1ccc(-n2nc(C)c(NC(=O)COC(=O)CCCc3nc4ccccc4s3)c2C)cc1. The number of nitrogens with one attached hydrogen (secondary N) is 1. The van der Waals surface area contributed by atoms with Gasteiger partial charge in [-0.05, 0) is 57.9 Å². The molecule has 8 heteroatoms. The summed E-state index contributed by atoms with van der Waals surface area (Å²) in [6.45, 7) is 5.43. The summed E-state index contributed by atoms with van der Waals surface area (Å²) in [5.41, 5.74) is 5.20. The van der Waals surface area contributed by atoms with Crippen LogP contribution in [0.4, 0.5) is 5.69 Å². The number of hydrogen-bond acceptors (Lipinski definition) is 6. The minimum atomic E-state index is -0.393. The molecule has 0 bridgehead atoms. The van der Waals surface area contributed by atoms with E-state index in [9.17, 15) is 9.59 Å². The molecule has 0 aliphatic rings. The first kappa shape index (κ1) is 22.7. The molecule has 0 aliphatic heterocycles. The lowest BCUT2D eigenvalue weighted by molar-refractivity contribution is -0.147. The van der Waals surface area contributed by atoms with Gasteiger partial charge in [0.15, 0.2) is 6.61 Å². The highest BCUT2D eigenvalue weighted by atomic mass is 32.1. The second-order valence-electron chi connectivity index (χ2n) is 7.93. The van der Waals surface area contributed by atoms with Gasteiger partial charge < -0.3 is 10.1 Å². The number of fused-ring (bicyclic) bond motifs is 1. The molecule has 0 aliphatic carbocycles. The number of ether oxygens (including phenoxy) is 1. The minimum absolute atomic E-state index is 0.243. The average Bonchev–Trinajstić information content (AvgIpc) is 3.34. The molecule has 0 unspecified atom stereocenters. The molecular weight excluding hydrogens is 436 g/mol. The van der Waals surface area contributed by atoms with Crippen LogP contribution >= 0.6 is 11.3 Å². The zero-order valence-electron chi connectivity index (χ0n) is 18.9. The number of nitrogens with zero attached hydrogens (tertiary/aromatic N) is 3. The lowest BCUT2D eigenvalue weighted by atomic mass is 10.2. The number of anilines is 1. The van der Waals surface area contributed by atoms with E-state index in [0.29, 0.717) is 24.2 Å². The number of hydrogen-bond donors (Lipinski definition) is 1. The molecule has 2 aromatic carbocycles. The third kappa shape index (κ3) is 5.46. The monoisotopic (exact) mass is 462 g/mol. The van der Waals surface area contributed by atoms with Crippen molar-refractivity contribution in [3.8, 4) is 5.69 Å². The van der Waals surface area contributed by atoms with Crippen LogP contribution in [0.25, 0.3) is 15.9 Å². The predicted octanol–water partition coefficient (Wildman–Crippen LogP) is 4.91. The first-order valence-corrected chi connectivity index (χ1v) is 11.7. The number of rotatable bonds is 8. The normalized spacial score (nSPS) is 11.0. The van der Waals surface area contributed by atoms with Crippen LogP contribution in [0.3, 0.4) is 0 Å². The van der Waals surface area contributed by atoms with Crippen molar-refractivity contribution in [1.82, 2.24) is 14.8 Å². The van der Waals surface area contributed by atoms with E-state index >= 15 is 0 Å². The van der Waals surface area contributed by atoms with Gasteiger partial charge in [0.25, 0.3) is 5.91 Å². The Balaban J connectivity index is 1.26. The second-order valence-corrected chi connectivity index (χ2v) is 9.05. The highest BCUT2D eigenvalue weighted by molar-refractivity contribution is 7.18. The molecule has 170 valence electrons. The number of carbonyl (C=O) groups excluding carboxylic acids is 2. The first-order chi connectivity index (χ1) is 15.9. The Labute approximate surface area is 196 Å². The van der Waals surface area contributed by atoms with Gasteiger partial charge >= 0.3 is 5.97 Å². The summed E-state index contributed by atoms with van der Waals surface area (Å²) in [6.07, 6.45) is 1.58. The van der Waals surface area contributed by atoms with Crippen LogP contribution in [0.15, 0.2) is 48.5 Å². The predicted molar refractivity (Wildman–Crippen MR) is 130 cm³/mol. The minimum Gasteiger partial charge on any atom is -0.456 e. The molecule has 0 saturated heterocycles. The summed E-state index contributed by atoms with van der Waals surface area (Å²) in [4.78, 5) is 29.0. The zero-order chi connectivity index (χ0) is 23.4. The second kappa shape index (κ2) is 9.95. The van der Waals surface area contributed by atoms with Crippen LogP contribution < -0.4 is 5.32 Å². The van der Waals surface area contributed by atoms with Crippen LogP contribution in [0, 0.1) is 20.8 Å². The molecule has 4 rings (SSSR count). The quantitative estimate of drug-likeness (QED) is 0.376. The number of carbonyl (C=O) groups is 2. The Bertz CT molecular complexity index is 1260. The van der Waals surface area contributed by atoms with Gasteiger partial charge in [0.1, 0.15) is 0 Å². The van der Waals surface area contributed by atoms with E-state index in [4.69, 9.17) is 4.74 Å². The van der Waals surface area contributed by atoms with Crippen molar-refractivity contribution in [2.45, 2.75) is 40.0 Å².